The number of primary amides is 1. The SMILES string of the molecule is CC(C)(C)[Si](C)(C)OCC(CCn1ccc2ccc(N)cc21)n1cnc(C(N)=O)c1. The van der Waals surface area contributed by atoms with Gasteiger partial charge in [-0.25, -0.2) is 4.98 Å². The van der Waals surface area contributed by atoms with E-state index in [1.54, 1.807) is 12.5 Å². The number of hydrogen-bond donors (Lipinski definition) is 2. The second kappa shape index (κ2) is 8.27. The summed E-state index contributed by atoms with van der Waals surface area (Å²) >= 11 is 0. The summed E-state index contributed by atoms with van der Waals surface area (Å²) in [5, 5.41) is 1.29. The van der Waals surface area contributed by atoms with Crippen molar-refractivity contribution in [1.29, 1.82) is 0 Å². The van der Waals surface area contributed by atoms with Crippen LogP contribution in [-0.4, -0.2) is 34.9 Å². The van der Waals surface area contributed by atoms with Crippen LogP contribution in [-0.2, 0) is 11.0 Å². The van der Waals surface area contributed by atoms with E-state index < -0.39 is 14.2 Å². The first kappa shape index (κ1) is 22.1. The molecule has 1 aromatic carbocycles. The van der Waals surface area contributed by atoms with Crippen LogP contribution >= 0.6 is 0 Å². The van der Waals surface area contributed by atoms with Crippen LogP contribution in [0.25, 0.3) is 10.9 Å². The van der Waals surface area contributed by atoms with Crippen LogP contribution in [0.5, 0.6) is 0 Å². The largest absolute Gasteiger partial charge is 0.415 e. The van der Waals surface area contributed by atoms with E-state index in [4.69, 9.17) is 15.9 Å². The Bertz CT molecular complexity index is 1030. The molecule has 3 rings (SSSR count). The maximum atomic E-state index is 11.5. The molecule has 3 aromatic rings. The first-order valence-corrected chi connectivity index (χ1v) is 13.2. The first-order valence-electron chi connectivity index (χ1n) is 10.3. The molecule has 0 aliphatic heterocycles. The van der Waals surface area contributed by atoms with Gasteiger partial charge in [-0.15, -0.1) is 0 Å². The van der Waals surface area contributed by atoms with E-state index in [0.29, 0.717) is 6.61 Å². The van der Waals surface area contributed by atoms with Crippen molar-refractivity contribution in [2.24, 2.45) is 5.73 Å². The summed E-state index contributed by atoms with van der Waals surface area (Å²) in [6.45, 7) is 12.5. The fourth-order valence-electron chi connectivity index (χ4n) is 3.19. The third kappa shape index (κ3) is 4.76. The van der Waals surface area contributed by atoms with Crippen molar-refractivity contribution >= 4 is 30.8 Å². The topological polar surface area (TPSA) is 101 Å². The molecule has 0 fully saturated rings. The van der Waals surface area contributed by atoms with Crippen LogP contribution in [0, 0.1) is 0 Å². The van der Waals surface area contributed by atoms with Crippen molar-refractivity contribution in [2.75, 3.05) is 12.3 Å². The standard InChI is InChI=1S/C22H33N5O2Si/c1-22(2,3)30(4,5)29-14-18(27-13-19(21(24)28)25-15-27)9-11-26-10-8-16-6-7-17(23)12-20(16)26/h6-8,10,12-13,15,18H,9,11,14,23H2,1-5H3,(H2,24,28). The summed E-state index contributed by atoms with van der Waals surface area (Å²) < 4.78 is 10.7. The number of aromatic nitrogens is 3. The van der Waals surface area contributed by atoms with Gasteiger partial charge in [0, 0.05) is 24.6 Å². The van der Waals surface area contributed by atoms with Crippen molar-refractivity contribution in [3.05, 3.63) is 48.7 Å². The van der Waals surface area contributed by atoms with E-state index in [2.05, 4.69) is 55.7 Å². The number of carbonyl (C=O) groups is 1. The van der Waals surface area contributed by atoms with Crippen LogP contribution in [0.2, 0.25) is 18.1 Å². The summed E-state index contributed by atoms with van der Waals surface area (Å²) in [5.41, 5.74) is 13.5. The molecule has 1 atom stereocenters. The Morgan fingerprint density at radius 3 is 2.63 bits per heavy atom. The highest BCUT2D eigenvalue weighted by atomic mass is 28.4. The van der Waals surface area contributed by atoms with E-state index in [0.717, 1.165) is 29.6 Å². The van der Waals surface area contributed by atoms with Gasteiger partial charge in [0.05, 0.1) is 24.5 Å². The van der Waals surface area contributed by atoms with Crippen LogP contribution in [0.3, 0.4) is 0 Å². The zero-order chi connectivity index (χ0) is 22.1. The predicted molar refractivity (Wildman–Crippen MR) is 124 cm³/mol. The van der Waals surface area contributed by atoms with Gasteiger partial charge in [-0.2, -0.15) is 0 Å². The summed E-state index contributed by atoms with van der Waals surface area (Å²) in [7, 11) is -1.91. The molecule has 8 heteroatoms. The Balaban J connectivity index is 1.81. The molecule has 7 nitrogen and oxygen atoms in total. The van der Waals surface area contributed by atoms with Gasteiger partial charge in [0.2, 0.25) is 0 Å². The lowest BCUT2D eigenvalue weighted by molar-refractivity contribution is 0.0995. The maximum absolute atomic E-state index is 11.5. The monoisotopic (exact) mass is 427 g/mol. The summed E-state index contributed by atoms with van der Waals surface area (Å²) in [6.07, 6.45) is 6.29. The number of aryl methyl sites for hydroxylation is 1. The van der Waals surface area contributed by atoms with Gasteiger partial charge in [-0.05, 0) is 48.1 Å². The fraction of sp³-hybridized carbons (Fsp3) is 0.455. The van der Waals surface area contributed by atoms with Crippen molar-refractivity contribution in [3.63, 3.8) is 0 Å². The number of benzene rings is 1. The number of carbonyl (C=O) groups excluding carboxylic acids is 1. The number of anilines is 1. The van der Waals surface area contributed by atoms with Crippen LogP contribution < -0.4 is 11.5 Å². The fourth-order valence-corrected chi connectivity index (χ4v) is 4.23. The predicted octanol–water partition coefficient (Wildman–Crippen LogP) is 4.17. The van der Waals surface area contributed by atoms with Crippen molar-refractivity contribution in [3.8, 4) is 0 Å². The molecule has 1 amide bonds. The number of nitrogens with zero attached hydrogens (tertiary/aromatic N) is 3. The highest BCUT2D eigenvalue weighted by molar-refractivity contribution is 6.74. The Kier molecular flexibility index (Phi) is 6.10. The molecule has 162 valence electrons. The molecule has 0 aliphatic rings. The molecule has 2 aromatic heterocycles. The van der Waals surface area contributed by atoms with Crippen molar-refractivity contribution < 1.29 is 9.22 Å². The van der Waals surface area contributed by atoms with Crippen LogP contribution in [0.1, 0.15) is 43.7 Å². The van der Waals surface area contributed by atoms with Gasteiger partial charge >= 0.3 is 0 Å². The minimum atomic E-state index is -1.91. The third-order valence-electron chi connectivity index (χ3n) is 6.22. The second-order valence-corrected chi connectivity index (χ2v) is 14.2. The lowest BCUT2D eigenvalue weighted by atomic mass is 10.2. The van der Waals surface area contributed by atoms with Crippen LogP contribution in [0.4, 0.5) is 5.69 Å². The average Bonchev–Trinajstić information content (AvgIpc) is 3.28. The van der Waals surface area contributed by atoms with Gasteiger partial charge in [-0.1, -0.05) is 26.8 Å². The molecule has 4 N–H and O–H groups in total. The van der Waals surface area contributed by atoms with E-state index in [9.17, 15) is 4.79 Å². The Labute approximate surface area is 179 Å². The average molecular weight is 428 g/mol. The van der Waals surface area contributed by atoms with Gasteiger partial charge in [-0.3, -0.25) is 4.79 Å². The second-order valence-electron chi connectivity index (χ2n) is 9.41. The number of hydrogen-bond acceptors (Lipinski definition) is 4. The molecular formula is C22H33N5O2Si. The maximum Gasteiger partial charge on any atom is 0.268 e. The van der Waals surface area contributed by atoms with Gasteiger partial charge in [0.15, 0.2) is 8.32 Å². The normalized spacial score (nSPS) is 13.6. The quantitative estimate of drug-likeness (QED) is 0.416. The molecule has 0 saturated heterocycles. The number of nitrogen functional groups attached to an aromatic ring is 1. The molecule has 30 heavy (non-hydrogen) atoms. The minimum absolute atomic E-state index is 0.0400. The summed E-state index contributed by atoms with van der Waals surface area (Å²) in [5.74, 6) is -0.523. The number of amides is 1. The lowest BCUT2D eigenvalue weighted by Gasteiger charge is -2.37. The Hall–Kier alpha value is -2.58. The molecule has 0 bridgehead atoms. The first-order chi connectivity index (χ1) is 14.0. The Morgan fingerprint density at radius 1 is 1.27 bits per heavy atom. The minimum Gasteiger partial charge on any atom is -0.415 e. The molecule has 0 aliphatic carbocycles. The molecule has 0 spiro atoms. The molecule has 0 saturated carbocycles. The number of fused-ring (bicyclic) bond motifs is 1. The molecule has 2 heterocycles. The van der Waals surface area contributed by atoms with E-state index >= 15 is 0 Å². The highest BCUT2D eigenvalue weighted by Crippen LogP contribution is 2.37. The third-order valence-corrected chi connectivity index (χ3v) is 10.7. The molecule has 0 radical (unpaired) electrons. The van der Waals surface area contributed by atoms with Gasteiger partial charge in [0.1, 0.15) is 5.69 Å². The van der Waals surface area contributed by atoms with Gasteiger partial charge in [0.25, 0.3) is 5.91 Å². The molecular weight excluding hydrogens is 394 g/mol. The number of nitrogens with two attached hydrogens (primary N) is 2. The number of imidazole rings is 1. The highest BCUT2D eigenvalue weighted by Gasteiger charge is 2.37. The van der Waals surface area contributed by atoms with E-state index in [1.807, 2.05) is 22.8 Å². The van der Waals surface area contributed by atoms with Gasteiger partial charge < -0.3 is 25.0 Å². The number of rotatable bonds is 8. The lowest BCUT2D eigenvalue weighted by Crippen LogP contribution is -2.42. The van der Waals surface area contributed by atoms with Crippen molar-refractivity contribution in [1.82, 2.24) is 14.1 Å². The zero-order valence-corrected chi connectivity index (χ0v) is 19.6. The molecule has 1 unspecified atom stereocenters. The van der Waals surface area contributed by atoms with E-state index in [1.165, 1.54) is 0 Å². The van der Waals surface area contributed by atoms with E-state index in [-0.39, 0.29) is 16.8 Å². The van der Waals surface area contributed by atoms with Crippen LogP contribution in [0.15, 0.2) is 43.0 Å². The smallest absolute Gasteiger partial charge is 0.268 e. The summed E-state index contributed by atoms with van der Waals surface area (Å²) in [6, 6.07) is 8.09. The summed E-state index contributed by atoms with van der Waals surface area (Å²) in [4.78, 5) is 15.7. The zero-order valence-electron chi connectivity index (χ0n) is 18.6. The Morgan fingerprint density at radius 2 is 2.00 bits per heavy atom. The van der Waals surface area contributed by atoms with Crippen molar-refractivity contribution in [2.45, 2.75) is 57.9 Å².